The lowest BCUT2D eigenvalue weighted by atomic mass is 10.2. The van der Waals surface area contributed by atoms with Gasteiger partial charge in [0.2, 0.25) is 0 Å². The van der Waals surface area contributed by atoms with Gasteiger partial charge >= 0.3 is 5.69 Å². The fourth-order valence-electron chi connectivity index (χ4n) is 2.80. The first-order valence-corrected chi connectivity index (χ1v) is 7.59. The molecule has 1 saturated carbocycles. The highest BCUT2D eigenvalue weighted by Gasteiger charge is 2.21. The van der Waals surface area contributed by atoms with Crippen LogP contribution in [-0.2, 0) is 0 Å². The number of hydrogen-bond donors (Lipinski definition) is 3. The predicted octanol–water partition coefficient (Wildman–Crippen LogP) is 3.79. The van der Waals surface area contributed by atoms with E-state index in [2.05, 4.69) is 15.6 Å². The number of nitrogens with one attached hydrogen (secondary N) is 2. The molecule has 3 N–H and O–H groups in total. The Morgan fingerprint density at radius 2 is 2.04 bits per heavy atom. The van der Waals surface area contributed by atoms with Crippen LogP contribution in [0.25, 0.3) is 0 Å². The average molecular weight is 314 g/mol. The van der Waals surface area contributed by atoms with Crippen LogP contribution in [0.3, 0.4) is 0 Å². The third kappa shape index (κ3) is 3.68. The maximum Gasteiger partial charge on any atom is 0.310 e. The van der Waals surface area contributed by atoms with Crippen molar-refractivity contribution in [2.24, 2.45) is 0 Å². The van der Waals surface area contributed by atoms with Gasteiger partial charge in [0.15, 0.2) is 0 Å². The van der Waals surface area contributed by atoms with Crippen molar-refractivity contribution in [3.63, 3.8) is 0 Å². The zero-order valence-electron chi connectivity index (χ0n) is 12.5. The minimum atomic E-state index is -0.428. The maximum absolute atomic E-state index is 11.2. The van der Waals surface area contributed by atoms with E-state index in [9.17, 15) is 15.2 Å². The molecule has 0 saturated heterocycles. The topological polar surface area (TPSA) is 100 Å². The summed E-state index contributed by atoms with van der Waals surface area (Å²) in [7, 11) is 0. The fourth-order valence-corrected chi connectivity index (χ4v) is 2.80. The van der Waals surface area contributed by atoms with E-state index in [1.54, 1.807) is 30.3 Å². The first-order chi connectivity index (χ1) is 11.1. The number of aromatic hydroxyl groups is 1. The first-order valence-electron chi connectivity index (χ1n) is 7.59. The van der Waals surface area contributed by atoms with Crippen LogP contribution in [0.2, 0.25) is 0 Å². The molecule has 0 unspecified atom stereocenters. The number of benzene rings is 1. The Bertz CT molecular complexity index is 714. The van der Waals surface area contributed by atoms with Gasteiger partial charge in [-0.05, 0) is 25.0 Å². The van der Waals surface area contributed by atoms with E-state index in [0.717, 1.165) is 25.7 Å². The van der Waals surface area contributed by atoms with Crippen molar-refractivity contribution in [3.05, 3.63) is 46.6 Å². The number of hydrogen-bond acceptors (Lipinski definition) is 6. The smallest absolute Gasteiger partial charge is 0.310 e. The third-order valence-electron chi connectivity index (χ3n) is 3.91. The second kappa shape index (κ2) is 6.51. The quantitative estimate of drug-likeness (QED) is 0.573. The molecule has 1 aromatic carbocycles. The van der Waals surface area contributed by atoms with E-state index in [1.165, 1.54) is 6.20 Å². The lowest BCUT2D eigenvalue weighted by Gasteiger charge is -2.14. The number of aromatic nitrogens is 1. The van der Waals surface area contributed by atoms with Gasteiger partial charge < -0.3 is 15.7 Å². The minimum Gasteiger partial charge on any atom is -0.508 e. The molecule has 1 heterocycles. The standard InChI is InChI=1S/C16H18N4O3/c21-13-7-3-6-12(8-13)19-16-9-14(15(10-17-16)20(22)23)18-11-4-1-2-5-11/h3,6-11,21H,1-2,4-5H2,(H2,17,18,19). The van der Waals surface area contributed by atoms with Crippen LogP contribution in [0, 0.1) is 10.1 Å². The highest BCUT2D eigenvalue weighted by atomic mass is 16.6. The zero-order chi connectivity index (χ0) is 16.2. The summed E-state index contributed by atoms with van der Waals surface area (Å²) >= 11 is 0. The largest absolute Gasteiger partial charge is 0.508 e. The van der Waals surface area contributed by atoms with Gasteiger partial charge in [0.05, 0.1) is 4.92 Å². The first kappa shape index (κ1) is 15.1. The Hall–Kier alpha value is -2.83. The zero-order valence-corrected chi connectivity index (χ0v) is 12.5. The molecule has 1 fully saturated rings. The molecule has 0 amide bonds. The van der Waals surface area contributed by atoms with Gasteiger partial charge in [0, 0.05) is 23.9 Å². The van der Waals surface area contributed by atoms with E-state index in [-0.39, 0.29) is 17.5 Å². The molecule has 0 bridgehead atoms. The molecular weight excluding hydrogens is 296 g/mol. The predicted molar refractivity (Wildman–Crippen MR) is 88.2 cm³/mol. The Balaban J connectivity index is 1.85. The molecule has 1 aromatic heterocycles. The van der Waals surface area contributed by atoms with Gasteiger partial charge in [-0.25, -0.2) is 4.98 Å². The van der Waals surface area contributed by atoms with Crippen molar-refractivity contribution in [3.8, 4) is 5.75 Å². The molecular formula is C16H18N4O3. The summed E-state index contributed by atoms with van der Waals surface area (Å²) in [4.78, 5) is 14.8. The molecule has 0 aliphatic heterocycles. The van der Waals surface area contributed by atoms with E-state index in [0.29, 0.717) is 17.2 Å². The molecule has 7 heteroatoms. The van der Waals surface area contributed by atoms with Crippen molar-refractivity contribution < 1.29 is 10.0 Å². The van der Waals surface area contributed by atoms with Crippen LogP contribution in [0.5, 0.6) is 5.75 Å². The fraction of sp³-hybridized carbons (Fsp3) is 0.312. The normalized spacial score (nSPS) is 14.6. The number of phenolic OH excluding ortho intramolecular Hbond substituents is 1. The monoisotopic (exact) mass is 314 g/mol. The summed E-state index contributed by atoms with van der Waals surface area (Å²) in [6.45, 7) is 0. The van der Waals surface area contributed by atoms with Crippen LogP contribution < -0.4 is 10.6 Å². The Labute approximate surface area is 133 Å². The van der Waals surface area contributed by atoms with Crippen molar-refractivity contribution in [1.82, 2.24) is 4.98 Å². The van der Waals surface area contributed by atoms with Crippen molar-refractivity contribution >= 4 is 22.9 Å². The van der Waals surface area contributed by atoms with Gasteiger partial charge in [-0.3, -0.25) is 10.1 Å². The highest BCUT2D eigenvalue weighted by molar-refractivity contribution is 5.68. The lowest BCUT2D eigenvalue weighted by molar-refractivity contribution is -0.384. The summed E-state index contributed by atoms with van der Waals surface area (Å²) in [5.41, 5.74) is 1.11. The van der Waals surface area contributed by atoms with E-state index >= 15 is 0 Å². The number of anilines is 3. The van der Waals surface area contributed by atoms with Crippen LogP contribution >= 0.6 is 0 Å². The van der Waals surface area contributed by atoms with Crippen molar-refractivity contribution in [2.45, 2.75) is 31.7 Å². The summed E-state index contributed by atoms with van der Waals surface area (Å²) < 4.78 is 0. The number of phenols is 1. The second-order valence-corrected chi connectivity index (χ2v) is 5.64. The van der Waals surface area contributed by atoms with Crippen LogP contribution in [0.1, 0.15) is 25.7 Å². The number of nitro groups is 1. The summed E-state index contributed by atoms with van der Waals surface area (Å²) in [5.74, 6) is 0.628. The molecule has 7 nitrogen and oxygen atoms in total. The molecule has 3 rings (SSSR count). The molecule has 120 valence electrons. The SMILES string of the molecule is O=[N+]([O-])c1cnc(Nc2cccc(O)c2)cc1NC1CCCC1. The summed E-state index contributed by atoms with van der Waals surface area (Å²) in [5, 5.41) is 27.0. The van der Waals surface area contributed by atoms with Crippen LogP contribution in [0.4, 0.5) is 22.9 Å². The van der Waals surface area contributed by atoms with Gasteiger partial charge in [-0.2, -0.15) is 0 Å². The second-order valence-electron chi connectivity index (χ2n) is 5.64. The maximum atomic E-state index is 11.2. The molecule has 0 radical (unpaired) electrons. The molecule has 1 aliphatic rings. The van der Waals surface area contributed by atoms with Crippen molar-refractivity contribution in [1.29, 1.82) is 0 Å². The molecule has 2 aromatic rings. The van der Waals surface area contributed by atoms with Gasteiger partial charge in [-0.15, -0.1) is 0 Å². The molecule has 23 heavy (non-hydrogen) atoms. The van der Waals surface area contributed by atoms with E-state index < -0.39 is 4.92 Å². The highest BCUT2D eigenvalue weighted by Crippen LogP contribution is 2.31. The number of rotatable bonds is 5. The Morgan fingerprint density at radius 3 is 2.74 bits per heavy atom. The van der Waals surface area contributed by atoms with Gasteiger partial charge in [-0.1, -0.05) is 18.9 Å². The Kier molecular flexibility index (Phi) is 4.27. The molecule has 1 aliphatic carbocycles. The van der Waals surface area contributed by atoms with E-state index in [4.69, 9.17) is 0 Å². The molecule has 0 atom stereocenters. The average Bonchev–Trinajstić information content (AvgIpc) is 3.00. The van der Waals surface area contributed by atoms with Crippen LogP contribution in [0.15, 0.2) is 36.5 Å². The molecule has 0 spiro atoms. The van der Waals surface area contributed by atoms with Crippen LogP contribution in [-0.4, -0.2) is 21.1 Å². The minimum absolute atomic E-state index is 0.0293. The Morgan fingerprint density at radius 1 is 1.26 bits per heavy atom. The number of nitrogens with zero attached hydrogens (tertiary/aromatic N) is 2. The van der Waals surface area contributed by atoms with Gasteiger partial charge in [0.1, 0.15) is 23.5 Å². The number of pyridine rings is 1. The summed E-state index contributed by atoms with van der Waals surface area (Å²) in [6, 6.07) is 8.53. The third-order valence-corrected chi connectivity index (χ3v) is 3.91. The van der Waals surface area contributed by atoms with E-state index in [1.807, 2.05) is 0 Å². The van der Waals surface area contributed by atoms with Gasteiger partial charge in [0.25, 0.3) is 0 Å². The lowest BCUT2D eigenvalue weighted by Crippen LogP contribution is -2.16. The van der Waals surface area contributed by atoms with Crippen molar-refractivity contribution in [2.75, 3.05) is 10.6 Å². The summed E-state index contributed by atoms with van der Waals surface area (Å²) in [6.07, 6.45) is 5.59.